The summed E-state index contributed by atoms with van der Waals surface area (Å²) in [7, 11) is 3.89. The van der Waals surface area contributed by atoms with Crippen molar-refractivity contribution >= 4 is 16.8 Å². The zero-order chi connectivity index (χ0) is 15.9. The molecule has 5 heteroatoms. The maximum absolute atomic E-state index is 12.4. The van der Waals surface area contributed by atoms with E-state index in [-0.39, 0.29) is 5.91 Å². The molecule has 22 heavy (non-hydrogen) atoms. The van der Waals surface area contributed by atoms with Crippen molar-refractivity contribution in [1.82, 2.24) is 19.7 Å². The minimum atomic E-state index is -0.0641. The average molecular weight is 296 g/mol. The first-order valence-corrected chi connectivity index (χ1v) is 7.29. The molecule has 0 unspecified atom stereocenters. The molecule has 2 aromatic heterocycles. The number of rotatable bonds is 3. The Bertz CT molecular complexity index is 857. The molecule has 0 bridgehead atoms. The molecular weight excluding hydrogens is 276 g/mol. The third-order valence-corrected chi connectivity index (χ3v) is 4.23. The van der Waals surface area contributed by atoms with E-state index in [0.717, 1.165) is 27.9 Å². The van der Waals surface area contributed by atoms with Crippen LogP contribution < -0.4 is 5.32 Å². The van der Waals surface area contributed by atoms with Crippen molar-refractivity contribution in [2.45, 2.75) is 20.4 Å². The largest absolute Gasteiger partial charge is 0.351 e. The van der Waals surface area contributed by atoms with Crippen LogP contribution in [0.3, 0.4) is 0 Å². The van der Waals surface area contributed by atoms with Crippen LogP contribution in [0.2, 0.25) is 0 Å². The highest BCUT2D eigenvalue weighted by Gasteiger charge is 2.12. The predicted octanol–water partition coefficient (Wildman–Crippen LogP) is 2.46. The number of fused-ring (bicyclic) bond motifs is 1. The van der Waals surface area contributed by atoms with Gasteiger partial charge in [-0.2, -0.15) is 5.10 Å². The molecule has 0 aliphatic rings. The van der Waals surface area contributed by atoms with E-state index >= 15 is 0 Å². The summed E-state index contributed by atoms with van der Waals surface area (Å²) in [4.78, 5) is 12.4. The molecule has 1 amide bonds. The van der Waals surface area contributed by atoms with Gasteiger partial charge < -0.3 is 9.88 Å². The summed E-state index contributed by atoms with van der Waals surface area (Å²) in [5.74, 6) is -0.0641. The second-order valence-electron chi connectivity index (χ2n) is 5.66. The summed E-state index contributed by atoms with van der Waals surface area (Å²) in [5, 5.41) is 8.49. The van der Waals surface area contributed by atoms with Crippen molar-refractivity contribution in [3.05, 3.63) is 53.0 Å². The Morgan fingerprint density at radius 1 is 1.23 bits per heavy atom. The van der Waals surface area contributed by atoms with Crippen LogP contribution in [0.5, 0.6) is 0 Å². The highest BCUT2D eigenvalue weighted by Crippen LogP contribution is 2.17. The topological polar surface area (TPSA) is 51.9 Å². The summed E-state index contributed by atoms with van der Waals surface area (Å²) >= 11 is 0. The fourth-order valence-corrected chi connectivity index (χ4v) is 2.75. The molecule has 0 saturated carbocycles. The Morgan fingerprint density at radius 3 is 2.68 bits per heavy atom. The molecule has 0 saturated heterocycles. The molecule has 1 N–H and O–H groups in total. The molecule has 5 nitrogen and oxygen atoms in total. The molecule has 2 heterocycles. The fraction of sp³-hybridized carbons (Fsp3) is 0.294. The van der Waals surface area contributed by atoms with Crippen LogP contribution in [0.15, 0.2) is 30.5 Å². The van der Waals surface area contributed by atoms with Gasteiger partial charge in [0, 0.05) is 49.2 Å². The Hall–Kier alpha value is -2.56. The highest BCUT2D eigenvalue weighted by molar-refractivity contribution is 5.98. The zero-order valence-electron chi connectivity index (χ0n) is 13.3. The van der Waals surface area contributed by atoms with Crippen molar-refractivity contribution in [3.8, 4) is 0 Å². The van der Waals surface area contributed by atoms with Gasteiger partial charge in [0.05, 0.1) is 5.69 Å². The number of carbonyl (C=O) groups is 1. The number of aryl methyl sites for hydroxylation is 3. The van der Waals surface area contributed by atoms with Crippen LogP contribution in [0.1, 0.15) is 27.3 Å². The van der Waals surface area contributed by atoms with Gasteiger partial charge in [0.15, 0.2) is 0 Å². The smallest absolute Gasteiger partial charge is 0.251 e. The van der Waals surface area contributed by atoms with Gasteiger partial charge in [0.25, 0.3) is 5.91 Å². The lowest BCUT2D eigenvalue weighted by atomic mass is 10.1. The molecule has 0 aliphatic carbocycles. The quantitative estimate of drug-likeness (QED) is 0.807. The minimum absolute atomic E-state index is 0.0641. The van der Waals surface area contributed by atoms with Gasteiger partial charge in [0.1, 0.15) is 0 Å². The van der Waals surface area contributed by atoms with E-state index in [0.29, 0.717) is 12.1 Å². The molecular formula is C17H20N4O. The summed E-state index contributed by atoms with van der Waals surface area (Å²) in [5.41, 5.74) is 4.85. The maximum Gasteiger partial charge on any atom is 0.251 e. The molecule has 114 valence electrons. The van der Waals surface area contributed by atoms with E-state index < -0.39 is 0 Å². The van der Waals surface area contributed by atoms with E-state index in [2.05, 4.69) is 10.4 Å². The van der Waals surface area contributed by atoms with Gasteiger partial charge in [-0.3, -0.25) is 9.48 Å². The summed E-state index contributed by atoms with van der Waals surface area (Å²) in [6.07, 6.45) is 1.99. The monoisotopic (exact) mass is 296 g/mol. The first kappa shape index (κ1) is 14.4. The number of hydrogen-bond acceptors (Lipinski definition) is 2. The van der Waals surface area contributed by atoms with E-state index in [1.54, 1.807) is 0 Å². The minimum Gasteiger partial charge on any atom is -0.351 e. The molecule has 0 radical (unpaired) electrons. The number of nitrogens with one attached hydrogen (secondary N) is 1. The van der Waals surface area contributed by atoms with Crippen LogP contribution in [0.25, 0.3) is 10.9 Å². The first-order chi connectivity index (χ1) is 10.5. The molecule has 0 aliphatic heterocycles. The zero-order valence-corrected chi connectivity index (χ0v) is 13.3. The normalized spacial score (nSPS) is 11.1. The number of nitrogens with zero attached hydrogens (tertiary/aromatic N) is 3. The number of amides is 1. The van der Waals surface area contributed by atoms with Crippen LogP contribution >= 0.6 is 0 Å². The highest BCUT2D eigenvalue weighted by atomic mass is 16.1. The van der Waals surface area contributed by atoms with E-state index in [9.17, 15) is 4.79 Å². The van der Waals surface area contributed by atoms with Crippen LogP contribution in [-0.4, -0.2) is 20.3 Å². The number of hydrogen-bond donors (Lipinski definition) is 1. The lowest BCUT2D eigenvalue weighted by molar-refractivity contribution is 0.0951. The maximum atomic E-state index is 12.4. The molecule has 1 aromatic carbocycles. The SMILES string of the molecule is Cc1nn(C)c(C)c1CNC(=O)c1ccc2ccn(C)c2c1. The van der Waals surface area contributed by atoms with Crippen LogP contribution in [0, 0.1) is 13.8 Å². The Kier molecular flexibility index (Phi) is 3.48. The van der Waals surface area contributed by atoms with Gasteiger partial charge in [-0.15, -0.1) is 0 Å². The second-order valence-corrected chi connectivity index (χ2v) is 5.66. The van der Waals surface area contributed by atoms with Gasteiger partial charge in [-0.1, -0.05) is 6.07 Å². The van der Waals surface area contributed by atoms with Crippen molar-refractivity contribution in [2.75, 3.05) is 0 Å². The lowest BCUT2D eigenvalue weighted by Gasteiger charge is -2.07. The summed E-state index contributed by atoms with van der Waals surface area (Å²) in [6, 6.07) is 7.80. The average Bonchev–Trinajstić information content (AvgIpc) is 2.98. The predicted molar refractivity (Wildman–Crippen MR) is 86.8 cm³/mol. The Balaban J connectivity index is 1.79. The van der Waals surface area contributed by atoms with Crippen molar-refractivity contribution < 1.29 is 4.79 Å². The second kappa shape index (κ2) is 5.33. The van der Waals surface area contributed by atoms with Crippen molar-refractivity contribution in [2.24, 2.45) is 14.1 Å². The van der Waals surface area contributed by atoms with Crippen molar-refractivity contribution in [3.63, 3.8) is 0 Å². The Morgan fingerprint density at radius 2 is 2.00 bits per heavy atom. The summed E-state index contributed by atoms with van der Waals surface area (Å²) in [6.45, 7) is 4.47. The lowest BCUT2D eigenvalue weighted by Crippen LogP contribution is -2.23. The Labute approximate surface area is 129 Å². The van der Waals surface area contributed by atoms with Gasteiger partial charge >= 0.3 is 0 Å². The van der Waals surface area contributed by atoms with Gasteiger partial charge in [-0.25, -0.2) is 0 Å². The first-order valence-electron chi connectivity index (χ1n) is 7.29. The van der Waals surface area contributed by atoms with Gasteiger partial charge in [-0.05, 0) is 37.4 Å². The van der Waals surface area contributed by atoms with E-state index in [1.165, 1.54) is 0 Å². The van der Waals surface area contributed by atoms with Crippen LogP contribution in [-0.2, 0) is 20.6 Å². The molecule has 0 fully saturated rings. The van der Waals surface area contributed by atoms with Gasteiger partial charge in [0.2, 0.25) is 0 Å². The molecule has 0 atom stereocenters. The summed E-state index contributed by atoms with van der Waals surface area (Å²) < 4.78 is 3.86. The third-order valence-electron chi connectivity index (χ3n) is 4.23. The van der Waals surface area contributed by atoms with E-state index in [1.807, 2.05) is 67.7 Å². The number of benzene rings is 1. The third kappa shape index (κ3) is 2.39. The van der Waals surface area contributed by atoms with Crippen LogP contribution in [0.4, 0.5) is 0 Å². The standard InChI is InChI=1S/C17H20N4O/c1-11-15(12(2)21(4)19-11)10-18-17(22)14-6-5-13-7-8-20(3)16(13)9-14/h5-9H,10H2,1-4H3,(H,18,22). The van der Waals surface area contributed by atoms with Crippen molar-refractivity contribution in [1.29, 1.82) is 0 Å². The fourth-order valence-electron chi connectivity index (χ4n) is 2.75. The number of aromatic nitrogens is 3. The van der Waals surface area contributed by atoms with E-state index in [4.69, 9.17) is 0 Å². The molecule has 3 rings (SSSR count). The molecule has 0 spiro atoms. The molecule has 3 aromatic rings. The number of carbonyl (C=O) groups excluding carboxylic acids is 1.